The zero-order valence-electron chi connectivity index (χ0n) is 12.7. The van der Waals surface area contributed by atoms with E-state index < -0.39 is 41.2 Å². The topological polar surface area (TPSA) is 133 Å². The van der Waals surface area contributed by atoms with Crippen molar-refractivity contribution in [3.05, 3.63) is 48.1 Å². The Morgan fingerprint density at radius 2 is 1.27 bits per heavy atom. The minimum absolute atomic E-state index is 0.255. The fourth-order valence-electron chi connectivity index (χ4n) is 1.58. The molecular weight excluding hydrogens is 361 g/mol. The van der Waals surface area contributed by atoms with Crippen LogP contribution in [0.5, 0.6) is 0 Å². The Morgan fingerprint density at radius 1 is 0.808 bits per heavy atom. The van der Waals surface area contributed by atoms with Gasteiger partial charge in [-0.15, -0.1) is 0 Å². The zero-order chi connectivity index (χ0) is 19.9. The van der Waals surface area contributed by atoms with Crippen LogP contribution in [0.15, 0.2) is 42.5 Å². The van der Waals surface area contributed by atoms with Crippen molar-refractivity contribution in [2.45, 2.75) is 6.18 Å². The van der Waals surface area contributed by atoms with Gasteiger partial charge in [0, 0.05) is 24.3 Å². The van der Waals surface area contributed by atoms with Gasteiger partial charge in [0.05, 0.1) is 16.9 Å². The highest BCUT2D eigenvalue weighted by molar-refractivity contribution is 6.08. The van der Waals surface area contributed by atoms with Crippen LogP contribution in [-0.4, -0.2) is 34.0 Å². The van der Waals surface area contributed by atoms with E-state index in [0.29, 0.717) is 36.4 Å². The second-order valence-electron chi connectivity index (χ2n) is 4.58. The number of carbonyl (C=O) groups excluding carboxylic acids is 2. The molecule has 0 spiro atoms. The molecule has 1 aromatic carbocycles. The third-order valence-electron chi connectivity index (χ3n) is 2.62. The molecule has 0 aliphatic heterocycles. The first-order valence-corrected chi connectivity index (χ1v) is 6.64. The lowest BCUT2D eigenvalue weighted by Crippen LogP contribution is -2.16. The predicted octanol–water partition coefficient (Wildman–Crippen LogP) is 1.86. The van der Waals surface area contributed by atoms with E-state index in [2.05, 4.69) is 5.32 Å². The van der Waals surface area contributed by atoms with Crippen LogP contribution in [0.2, 0.25) is 0 Å². The van der Waals surface area contributed by atoms with Crippen molar-refractivity contribution in [1.82, 2.24) is 0 Å². The second-order valence-corrected chi connectivity index (χ2v) is 4.58. The minimum Gasteiger partial charge on any atom is -0.478 e. The zero-order valence-corrected chi connectivity index (χ0v) is 12.7. The van der Waals surface area contributed by atoms with Crippen molar-refractivity contribution in [3.63, 3.8) is 0 Å². The van der Waals surface area contributed by atoms with E-state index in [-0.39, 0.29) is 5.69 Å². The van der Waals surface area contributed by atoms with Gasteiger partial charge >= 0.3 is 18.1 Å². The summed E-state index contributed by atoms with van der Waals surface area (Å²) in [5, 5.41) is 21.0. The number of benzene rings is 1. The number of hydrogen-bond donors (Lipinski definition) is 4. The molecule has 0 atom stereocenters. The van der Waals surface area contributed by atoms with Crippen molar-refractivity contribution in [3.8, 4) is 0 Å². The molecule has 0 aromatic heterocycles. The summed E-state index contributed by atoms with van der Waals surface area (Å²) < 4.78 is 38.4. The first kappa shape index (κ1) is 20.4. The molecule has 4 N–H and O–H groups in total. The Balaban J connectivity index is 3.15. The Labute approximate surface area is 143 Å². The number of amides is 2. The number of anilines is 2. The van der Waals surface area contributed by atoms with Crippen LogP contribution in [0.4, 0.5) is 24.5 Å². The lowest BCUT2D eigenvalue weighted by Gasteiger charge is -2.14. The van der Waals surface area contributed by atoms with Gasteiger partial charge in [-0.2, -0.15) is 13.2 Å². The number of hydrogen-bond acceptors (Lipinski definition) is 4. The molecule has 0 fully saturated rings. The summed E-state index contributed by atoms with van der Waals surface area (Å²) >= 11 is 0. The molecule has 26 heavy (non-hydrogen) atoms. The number of carboxylic acids is 2. The Kier molecular flexibility index (Phi) is 6.64. The molecule has 0 heterocycles. The number of carbonyl (C=O) groups is 4. The summed E-state index contributed by atoms with van der Waals surface area (Å²) in [6.45, 7) is 0. The van der Waals surface area contributed by atoms with E-state index in [1.807, 2.05) is 5.32 Å². The quantitative estimate of drug-likeness (QED) is 0.564. The first-order chi connectivity index (χ1) is 12.0. The van der Waals surface area contributed by atoms with Crippen LogP contribution in [-0.2, 0) is 25.4 Å². The molecule has 0 bridgehead atoms. The van der Waals surface area contributed by atoms with E-state index in [4.69, 9.17) is 10.2 Å². The van der Waals surface area contributed by atoms with Crippen LogP contribution in [0, 0.1) is 0 Å². The van der Waals surface area contributed by atoms with E-state index in [0.717, 1.165) is 6.07 Å². The third-order valence-corrected chi connectivity index (χ3v) is 2.62. The number of halogens is 3. The van der Waals surface area contributed by atoms with Gasteiger partial charge in [0.2, 0.25) is 11.8 Å². The smallest absolute Gasteiger partial charge is 0.416 e. The van der Waals surface area contributed by atoms with E-state index in [1.54, 1.807) is 0 Å². The molecule has 1 rings (SSSR count). The fourth-order valence-corrected chi connectivity index (χ4v) is 1.58. The number of aliphatic carboxylic acids is 2. The van der Waals surface area contributed by atoms with Crippen LogP contribution in [0.25, 0.3) is 0 Å². The summed E-state index contributed by atoms with van der Waals surface area (Å²) in [7, 11) is 0. The fraction of sp³-hybridized carbons (Fsp3) is 0.0667. The molecule has 11 heteroatoms. The molecule has 0 aliphatic rings. The number of nitrogens with one attached hydrogen (secondary N) is 2. The molecule has 0 saturated carbocycles. The molecule has 0 radical (unpaired) electrons. The van der Waals surface area contributed by atoms with E-state index in [1.165, 1.54) is 0 Å². The lowest BCUT2D eigenvalue weighted by molar-refractivity contribution is -0.137. The summed E-state index contributed by atoms with van der Waals surface area (Å²) in [4.78, 5) is 43.8. The van der Waals surface area contributed by atoms with Gasteiger partial charge in [-0.25, -0.2) is 9.59 Å². The van der Waals surface area contributed by atoms with Gasteiger partial charge in [-0.05, 0) is 18.2 Å². The monoisotopic (exact) mass is 372 g/mol. The van der Waals surface area contributed by atoms with Gasteiger partial charge in [0.15, 0.2) is 0 Å². The summed E-state index contributed by atoms with van der Waals surface area (Å²) in [5.74, 6) is -4.89. The normalized spacial score (nSPS) is 11.5. The average molecular weight is 372 g/mol. The highest BCUT2D eigenvalue weighted by Gasteiger charge is 2.31. The molecule has 2 amide bonds. The Morgan fingerprint density at radius 3 is 1.69 bits per heavy atom. The van der Waals surface area contributed by atoms with Crippen molar-refractivity contribution in [1.29, 1.82) is 0 Å². The number of rotatable bonds is 6. The molecular formula is C15H11F3N2O6. The Hall–Kier alpha value is -3.63. The number of carboxylic acid groups (broad SMARTS) is 2. The maximum atomic E-state index is 12.8. The molecule has 138 valence electrons. The summed E-state index contributed by atoms with van der Waals surface area (Å²) in [5.41, 5.74) is -1.85. The van der Waals surface area contributed by atoms with Crippen LogP contribution in [0.1, 0.15) is 5.56 Å². The van der Waals surface area contributed by atoms with Gasteiger partial charge in [-0.1, -0.05) is 0 Å². The second kappa shape index (κ2) is 8.46. The maximum absolute atomic E-state index is 12.8. The first-order valence-electron chi connectivity index (χ1n) is 6.64. The number of alkyl halides is 3. The van der Waals surface area contributed by atoms with Crippen molar-refractivity contribution in [2.24, 2.45) is 0 Å². The summed E-state index contributed by atoms with van der Waals surface area (Å²) in [6, 6.07) is 2.02. The largest absolute Gasteiger partial charge is 0.478 e. The van der Waals surface area contributed by atoms with Crippen molar-refractivity contribution >= 4 is 35.1 Å². The van der Waals surface area contributed by atoms with Crippen molar-refractivity contribution < 1.29 is 42.6 Å². The third kappa shape index (κ3) is 6.86. The van der Waals surface area contributed by atoms with Crippen molar-refractivity contribution in [2.75, 3.05) is 10.6 Å². The molecule has 0 aliphatic carbocycles. The van der Waals surface area contributed by atoms with Crippen LogP contribution in [0.3, 0.4) is 0 Å². The Bertz CT molecular complexity index is 799. The van der Waals surface area contributed by atoms with Gasteiger partial charge in [0.25, 0.3) is 0 Å². The summed E-state index contributed by atoms with van der Waals surface area (Å²) in [6.07, 6.45) is -2.57. The molecule has 0 saturated heterocycles. The molecule has 8 nitrogen and oxygen atoms in total. The highest BCUT2D eigenvalue weighted by atomic mass is 19.4. The van der Waals surface area contributed by atoms with E-state index in [9.17, 15) is 32.3 Å². The maximum Gasteiger partial charge on any atom is 0.416 e. The lowest BCUT2D eigenvalue weighted by atomic mass is 10.1. The average Bonchev–Trinajstić information content (AvgIpc) is 2.51. The van der Waals surface area contributed by atoms with Crippen LogP contribution >= 0.6 is 0 Å². The van der Waals surface area contributed by atoms with Gasteiger partial charge in [-0.3, -0.25) is 9.59 Å². The van der Waals surface area contributed by atoms with Gasteiger partial charge < -0.3 is 20.8 Å². The molecule has 1 aromatic rings. The highest BCUT2D eigenvalue weighted by Crippen LogP contribution is 2.34. The predicted molar refractivity (Wildman–Crippen MR) is 82.3 cm³/mol. The molecule has 0 unspecified atom stereocenters. The van der Waals surface area contributed by atoms with Gasteiger partial charge in [0.1, 0.15) is 0 Å². The van der Waals surface area contributed by atoms with E-state index >= 15 is 0 Å². The SMILES string of the molecule is O=C(O)C=CC(=O)Nc1ccc(C(F)(F)F)cc1NC(=O)C=CC(=O)O. The minimum atomic E-state index is -4.73. The standard InChI is InChI=1S/C15H11F3N2O6/c16-15(17,18)8-1-2-9(19-11(21)3-5-13(23)24)10(7-8)20-12(22)4-6-14(25)26/h1-7H,(H,19,21)(H,20,22)(H,23,24)(H,25,26). The van der Waals surface area contributed by atoms with Crippen LogP contribution < -0.4 is 10.6 Å².